The van der Waals surface area contributed by atoms with Crippen LogP contribution < -0.4 is 9.47 Å². The molecule has 1 aliphatic heterocycles. The van der Waals surface area contributed by atoms with E-state index in [1.165, 1.54) is 0 Å². The average molecular weight is 539 g/mol. The minimum absolute atomic E-state index is 0.0586. The molecular formula is C33H34N2O5. The highest BCUT2D eigenvalue weighted by molar-refractivity contribution is 5.91. The van der Waals surface area contributed by atoms with E-state index in [0.29, 0.717) is 23.8 Å². The lowest BCUT2D eigenvalue weighted by Crippen LogP contribution is -2.47. The third-order valence-corrected chi connectivity index (χ3v) is 7.03. The molecule has 3 aromatic carbocycles. The van der Waals surface area contributed by atoms with Crippen molar-refractivity contribution < 1.29 is 23.5 Å². The fraction of sp³-hybridized carbons (Fsp3) is 0.273. The number of benzene rings is 3. The van der Waals surface area contributed by atoms with Crippen LogP contribution in [-0.4, -0.2) is 41.0 Å². The number of carbonyl (C=O) groups is 2. The van der Waals surface area contributed by atoms with Crippen molar-refractivity contribution in [1.82, 2.24) is 9.80 Å². The van der Waals surface area contributed by atoms with Crippen molar-refractivity contribution in [3.05, 3.63) is 119 Å². The van der Waals surface area contributed by atoms with Crippen molar-refractivity contribution in [2.24, 2.45) is 0 Å². The topological polar surface area (TPSA) is 72.2 Å². The smallest absolute Gasteiger partial charge is 0.242 e. The van der Waals surface area contributed by atoms with Gasteiger partial charge in [0.15, 0.2) is 11.5 Å². The summed E-state index contributed by atoms with van der Waals surface area (Å²) in [5.41, 5.74) is 2.68. The lowest BCUT2D eigenvalue weighted by Gasteiger charge is -2.33. The van der Waals surface area contributed by atoms with Gasteiger partial charge in [-0.25, -0.2) is 0 Å². The summed E-state index contributed by atoms with van der Waals surface area (Å²) in [6.07, 6.45) is 0. The molecule has 0 N–H and O–H groups in total. The maximum absolute atomic E-state index is 14.2. The van der Waals surface area contributed by atoms with Crippen LogP contribution in [0.4, 0.5) is 0 Å². The molecule has 40 heavy (non-hydrogen) atoms. The summed E-state index contributed by atoms with van der Waals surface area (Å²) in [6.45, 7) is 6.49. The Morgan fingerprint density at radius 2 is 1.45 bits per heavy atom. The molecule has 7 nitrogen and oxygen atoms in total. The normalized spacial score (nSPS) is 12.1. The molecule has 7 heteroatoms. The van der Waals surface area contributed by atoms with E-state index in [9.17, 15) is 9.59 Å². The first-order valence-electron chi connectivity index (χ1n) is 13.5. The van der Waals surface area contributed by atoms with E-state index in [1.54, 1.807) is 9.80 Å². The monoisotopic (exact) mass is 538 g/mol. The van der Waals surface area contributed by atoms with Gasteiger partial charge in [-0.05, 0) is 61.7 Å². The molecule has 206 valence electrons. The van der Waals surface area contributed by atoms with E-state index < -0.39 is 5.92 Å². The number of carbonyl (C=O) groups excluding carboxylic acids is 2. The molecule has 0 aliphatic carbocycles. The molecule has 0 saturated heterocycles. The summed E-state index contributed by atoms with van der Waals surface area (Å²) in [5.74, 6) is 2.00. The van der Waals surface area contributed by atoms with Crippen LogP contribution in [0, 0.1) is 6.92 Å². The van der Waals surface area contributed by atoms with Crippen LogP contribution in [0.2, 0.25) is 0 Å². The predicted octanol–water partition coefficient (Wildman–Crippen LogP) is 5.91. The van der Waals surface area contributed by atoms with E-state index >= 15 is 0 Å². The lowest BCUT2D eigenvalue weighted by atomic mass is 9.89. The maximum Gasteiger partial charge on any atom is 0.242 e. The Bertz CT molecular complexity index is 1410. The summed E-state index contributed by atoms with van der Waals surface area (Å²) in [6, 6.07) is 28.7. The van der Waals surface area contributed by atoms with E-state index in [1.807, 2.05) is 112 Å². The molecule has 2 heterocycles. The van der Waals surface area contributed by atoms with Gasteiger partial charge in [0, 0.05) is 12.6 Å². The molecule has 0 spiro atoms. The Kier molecular flexibility index (Phi) is 8.20. The Hall–Kier alpha value is -4.52. The summed E-state index contributed by atoms with van der Waals surface area (Å²) in [4.78, 5) is 31.5. The van der Waals surface area contributed by atoms with Crippen LogP contribution >= 0.6 is 0 Å². The number of amides is 2. The summed E-state index contributed by atoms with van der Waals surface area (Å²) in [5, 5.41) is 0. The first-order chi connectivity index (χ1) is 19.4. The standard InChI is InChI=1S/C33H34N2O5/c1-23(2)35(33(37)32(26-10-6-4-7-11-26)27-12-8-5-9-13-27)21-31(36)34(20-28-16-14-24(3)40-28)19-25-15-17-29-30(18-25)39-22-38-29/h4-18,23,32H,19-22H2,1-3H3. The van der Waals surface area contributed by atoms with Crippen LogP contribution in [0.15, 0.2) is 95.4 Å². The number of rotatable bonds is 10. The van der Waals surface area contributed by atoms with Crippen LogP contribution in [0.5, 0.6) is 11.5 Å². The molecule has 1 aromatic heterocycles. The van der Waals surface area contributed by atoms with Crippen molar-refractivity contribution in [2.75, 3.05) is 13.3 Å². The van der Waals surface area contributed by atoms with Gasteiger partial charge in [-0.15, -0.1) is 0 Å². The minimum Gasteiger partial charge on any atom is -0.464 e. The molecule has 2 amide bonds. The number of nitrogens with zero attached hydrogens (tertiary/aromatic N) is 2. The zero-order valence-electron chi connectivity index (χ0n) is 23.1. The van der Waals surface area contributed by atoms with Crippen LogP contribution in [0.1, 0.15) is 48.0 Å². The Morgan fingerprint density at radius 3 is 2.05 bits per heavy atom. The SMILES string of the molecule is Cc1ccc(CN(Cc2ccc3c(c2)OCO3)C(=O)CN(C(=O)C(c2ccccc2)c2ccccc2)C(C)C)o1. The summed E-state index contributed by atoms with van der Waals surface area (Å²) in [7, 11) is 0. The Morgan fingerprint density at radius 1 is 0.800 bits per heavy atom. The number of hydrogen-bond donors (Lipinski definition) is 0. The van der Waals surface area contributed by atoms with E-state index in [4.69, 9.17) is 13.9 Å². The molecule has 1 aliphatic rings. The van der Waals surface area contributed by atoms with Crippen LogP contribution in [0.3, 0.4) is 0 Å². The van der Waals surface area contributed by atoms with E-state index in [-0.39, 0.29) is 37.7 Å². The Balaban J connectivity index is 1.42. The van der Waals surface area contributed by atoms with Gasteiger partial charge in [-0.1, -0.05) is 66.7 Å². The molecule has 0 bridgehead atoms. The summed E-state index contributed by atoms with van der Waals surface area (Å²) >= 11 is 0. The highest BCUT2D eigenvalue weighted by Gasteiger charge is 2.31. The van der Waals surface area contributed by atoms with Gasteiger partial charge in [-0.3, -0.25) is 9.59 Å². The molecule has 0 unspecified atom stereocenters. The van der Waals surface area contributed by atoms with Gasteiger partial charge < -0.3 is 23.7 Å². The fourth-order valence-corrected chi connectivity index (χ4v) is 4.95. The largest absolute Gasteiger partial charge is 0.464 e. The predicted molar refractivity (Wildman–Crippen MR) is 152 cm³/mol. The molecule has 5 rings (SSSR count). The molecule has 0 saturated carbocycles. The molecule has 4 aromatic rings. The van der Waals surface area contributed by atoms with Crippen molar-refractivity contribution in [2.45, 2.75) is 45.8 Å². The second-order valence-corrected chi connectivity index (χ2v) is 10.3. The number of hydrogen-bond acceptors (Lipinski definition) is 5. The van der Waals surface area contributed by atoms with Gasteiger partial charge in [0.25, 0.3) is 0 Å². The molecular weight excluding hydrogens is 504 g/mol. The minimum atomic E-state index is -0.521. The van der Waals surface area contributed by atoms with Gasteiger partial charge in [-0.2, -0.15) is 0 Å². The number of ether oxygens (including phenoxy) is 2. The molecule has 0 radical (unpaired) electrons. The first kappa shape index (κ1) is 27.1. The third kappa shape index (κ3) is 6.20. The average Bonchev–Trinajstić information content (AvgIpc) is 3.60. The van der Waals surface area contributed by atoms with Gasteiger partial charge in [0.1, 0.15) is 18.1 Å². The second-order valence-electron chi connectivity index (χ2n) is 10.3. The van der Waals surface area contributed by atoms with Gasteiger partial charge >= 0.3 is 0 Å². The van der Waals surface area contributed by atoms with Crippen LogP contribution in [-0.2, 0) is 22.7 Å². The van der Waals surface area contributed by atoms with E-state index in [0.717, 1.165) is 22.5 Å². The highest BCUT2D eigenvalue weighted by atomic mass is 16.7. The van der Waals surface area contributed by atoms with Crippen molar-refractivity contribution in [1.29, 1.82) is 0 Å². The van der Waals surface area contributed by atoms with Crippen molar-refractivity contribution in [3.63, 3.8) is 0 Å². The van der Waals surface area contributed by atoms with Crippen molar-refractivity contribution in [3.8, 4) is 11.5 Å². The van der Waals surface area contributed by atoms with Gasteiger partial charge in [0.2, 0.25) is 18.6 Å². The van der Waals surface area contributed by atoms with E-state index in [2.05, 4.69) is 0 Å². The van der Waals surface area contributed by atoms with Gasteiger partial charge in [0.05, 0.1) is 12.5 Å². The third-order valence-electron chi connectivity index (χ3n) is 7.03. The van der Waals surface area contributed by atoms with Crippen LogP contribution in [0.25, 0.3) is 0 Å². The number of furan rings is 1. The summed E-state index contributed by atoms with van der Waals surface area (Å²) < 4.78 is 16.8. The molecule has 0 fully saturated rings. The molecule has 0 atom stereocenters. The lowest BCUT2D eigenvalue weighted by molar-refractivity contribution is -0.143. The zero-order valence-corrected chi connectivity index (χ0v) is 23.1. The highest BCUT2D eigenvalue weighted by Crippen LogP contribution is 2.33. The quantitative estimate of drug-likeness (QED) is 0.251. The van der Waals surface area contributed by atoms with Crippen molar-refractivity contribution >= 4 is 11.8 Å². The first-order valence-corrected chi connectivity index (χ1v) is 13.5. The maximum atomic E-state index is 14.2. The number of fused-ring (bicyclic) bond motifs is 1. The number of aryl methyl sites for hydroxylation is 1. The Labute approximate surface area is 234 Å². The fourth-order valence-electron chi connectivity index (χ4n) is 4.95. The second kappa shape index (κ2) is 12.1. The zero-order chi connectivity index (χ0) is 28.1.